The van der Waals surface area contributed by atoms with Crippen LogP contribution in [0.25, 0.3) is 0 Å². The number of rotatable bonds is 9. The third-order valence-corrected chi connectivity index (χ3v) is 5.48. The lowest BCUT2D eigenvalue weighted by Crippen LogP contribution is -2.34. The van der Waals surface area contributed by atoms with Crippen molar-refractivity contribution in [1.29, 1.82) is 0 Å². The highest BCUT2D eigenvalue weighted by atomic mass is 35.5. The number of benzene rings is 3. The van der Waals surface area contributed by atoms with Gasteiger partial charge in [0, 0.05) is 10.6 Å². The van der Waals surface area contributed by atoms with Crippen LogP contribution in [0.4, 0.5) is 0 Å². The lowest BCUT2D eigenvalue weighted by molar-refractivity contribution is -0.120. The fourth-order valence-electron chi connectivity index (χ4n) is 2.74. The van der Waals surface area contributed by atoms with Crippen molar-refractivity contribution in [3.8, 4) is 11.5 Å². The first-order valence-electron chi connectivity index (χ1n) is 9.96. The minimum absolute atomic E-state index is 0.250. The van der Waals surface area contributed by atoms with Crippen molar-refractivity contribution >= 4 is 52.8 Å². The van der Waals surface area contributed by atoms with Gasteiger partial charge in [-0.15, -0.1) is 0 Å². The molecule has 2 amide bonds. The monoisotopic (exact) mass is 519 g/mol. The number of hydrogen-bond acceptors (Lipinski definition) is 5. The Morgan fingerprint density at radius 1 is 0.941 bits per heavy atom. The number of nitrogens with zero attached hydrogens (tertiary/aromatic N) is 1. The van der Waals surface area contributed by atoms with E-state index in [1.54, 1.807) is 30.3 Å². The lowest BCUT2D eigenvalue weighted by Gasteiger charge is -2.11. The standard InChI is InChI=1S/C24H20Cl3N3O4/c1-33-22-10-16(4-9-21(22)34-14-15-2-6-18(25)7-3-15)12-29-30-23(31)13-28-24(32)17-5-8-19(26)20(27)11-17/h2-12H,13-14H2,1H3,(H,28,32)(H,30,31)/b29-12-. The highest BCUT2D eigenvalue weighted by Crippen LogP contribution is 2.28. The summed E-state index contributed by atoms with van der Waals surface area (Å²) in [5.74, 6) is 0.109. The number of hydrazone groups is 1. The molecule has 0 saturated heterocycles. The molecule has 10 heteroatoms. The third-order valence-electron chi connectivity index (χ3n) is 4.49. The Labute approximate surface area is 211 Å². The van der Waals surface area contributed by atoms with Gasteiger partial charge < -0.3 is 14.8 Å². The molecule has 2 N–H and O–H groups in total. The number of ether oxygens (including phenoxy) is 2. The fourth-order valence-corrected chi connectivity index (χ4v) is 3.17. The number of amides is 2. The number of methoxy groups -OCH3 is 1. The van der Waals surface area contributed by atoms with Crippen LogP contribution < -0.4 is 20.2 Å². The van der Waals surface area contributed by atoms with Gasteiger partial charge in [-0.1, -0.05) is 46.9 Å². The van der Waals surface area contributed by atoms with Crippen LogP contribution in [0.5, 0.6) is 11.5 Å². The summed E-state index contributed by atoms with van der Waals surface area (Å²) in [7, 11) is 1.53. The number of nitrogens with one attached hydrogen (secondary N) is 2. The Morgan fingerprint density at radius 3 is 2.41 bits per heavy atom. The maximum atomic E-state index is 12.1. The van der Waals surface area contributed by atoms with Crippen LogP contribution in [0.3, 0.4) is 0 Å². The van der Waals surface area contributed by atoms with Crippen LogP contribution in [0, 0.1) is 0 Å². The van der Waals surface area contributed by atoms with Gasteiger partial charge in [-0.2, -0.15) is 5.10 Å². The van der Waals surface area contributed by atoms with Gasteiger partial charge in [0.05, 0.1) is 29.9 Å². The van der Waals surface area contributed by atoms with E-state index in [2.05, 4.69) is 15.8 Å². The average molecular weight is 521 g/mol. The van der Waals surface area contributed by atoms with E-state index in [1.165, 1.54) is 31.5 Å². The van der Waals surface area contributed by atoms with Crippen molar-refractivity contribution < 1.29 is 19.1 Å². The summed E-state index contributed by atoms with van der Waals surface area (Å²) in [6.07, 6.45) is 1.45. The number of halogens is 3. The second-order valence-electron chi connectivity index (χ2n) is 6.93. The van der Waals surface area contributed by atoms with Gasteiger partial charge in [0.2, 0.25) is 0 Å². The first kappa shape index (κ1) is 25.4. The predicted octanol–water partition coefficient (Wildman–Crippen LogP) is 5.11. The molecule has 0 saturated carbocycles. The van der Waals surface area contributed by atoms with Gasteiger partial charge in [0.1, 0.15) is 6.61 Å². The van der Waals surface area contributed by atoms with Crippen LogP contribution in [0.15, 0.2) is 65.8 Å². The Kier molecular flexibility index (Phi) is 9.16. The lowest BCUT2D eigenvalue weighted by atomic mass is 10.2. The third kappa shape index (κ3) is 7.38. The molecular formula is C24H20Cl3N3O4. The molecular weight excluding hydrogens is 501 g/mol. The zero-order chi connectivity index (χ0) is 24.5. The summed E-state index contributed by atoms with van der Waals surface area (Å²) in [5, 5.41) is 7.63. The van der Waals surface area contributed by atoms with Crippen molar-refractivity contribution in [3.63, 3.8) is 0 Å². The normalized spacial score (nSPS) is 10.7. The average Bonchev–Trinajstić information content (AvgIpc) is 2.84. The van der Waals surface area contributed by atoms with Crippen LogP contribution in [0.2, 0.25) is 15.1 Å². The summed E-state index contributed by atoms with van der Waals surface area (Å²) in [6, 6.07) is 17.0. The Morgan fingerprint density at radius 2 is 1.71 bits per heavy atom. The van der Waals surface area contributed by atoms with E-state index >= 15 is 0 Å². The second-order valence-corrected chi connectivity index (χ2v) is 8.18. The molecule has 176 valence electrons. The zero-order valence-electron chi connectivity index (χ0n) is 18.0. The van der Waals surface area contributed by atoms with E-state index in [0.29, 0.717) is 33.7 Å². The molecule has 0 heterocycles. The van der Waals surface area contributed by atoms with Crippen molar-refractivity contribution in [1.82, 2.24) is 10.7 Å². The van der Waals surface area contributed by atoms with Crippen molar-refractivity contribution in [2.24, 2.45) is 5.10 Å². The van der Waals surface area contributed by atoms with Crippen LogP contribution >= 0.6 is 34.8 Å². The number of carbonyl (C=O) groups excluding carboxylic acids is 2. The van der Waals surface area contributed by atoms with E-state index in [0.717, 1.165) is 5.56 Å². The zero-order valence-corrected chi connectivity index (χ0v) is 20.2. The smallest absolute Gasteiger partial charge is 0.259 e. The molecule has 0 unspecified atom stereocenters. The maximum Gasteiger partial charge on any atom is 0.259 e. The van der Waals surface area contributed by atoms with Gasteiger partial charge in [0.25, 0.3) is 11.8 Å². The van der Waals surface area contributed by atoms with E-state index in [9.17, 15) is 9.59 Å². The minimum atomic E-state index is -0.500. The van der Waals surface area contributed by atoms with E-state index in [-0.39, 0.29) is 17.1 Å². The molecule has 0 radical (unpaired) electrons. The molecule has 0 spiro atoms. The van der Waals surface area contributed by atoms with Gasteiger partial charge in [0.15, 0.2) is 11.5 Å². The molecule has 3 aromatic rings. The molecule has 0 aromatic heterocycles. The van der Waals surface area contributed by atoms with Crippen LogP contribution in [0.1, 0.15) is 21.5 Å². The highest BCUT2D eigenvalue weighted by molar-refractivity contribution is 6.42. The second kappa shape index (κ2) is 12.3. The molecule has 34 heavy (non-hydrogen) atoms. The van der Waals surface area contributed by atoms with Crippen LogP contribution in [-0.2, 0) is 11.4 Å². The molecule has 0 aliphatic rings. The largest absolute Gasteiger partial charge is 0.493 e. The molecule has 3 rings (SSSR count). The van der Waals surface area contributed by atoms with Gasteiger partial charge in [-0.3, -0.25) is 9.59 Å². The predicted molar refractivity (Wildman–Crippen MR) is 133 cm³/mol. The van der Waals surface area contributed by atoms with Gasteiger partial charge >= 0.3 is 0 Å². The number of hydrogen-bond donors (Lipinski definition) is 2. The Bertz CT molecular complexity index is 1200. The topological polar surface area (TPSA) is 89.0 Å². The summed E-state index contributed by atoms with van der Waals surface area (Å²) in [6.45, 7) is 0.0855. The summed E-state index contributed by atoms with van der Waals surface area (Å²) >= 11 is 17.6. The molecule has 0 aliphatic heterocycles. The van der Waals surface area contributed by atoms with Crippen molar-refractivity contribution in [2.75, 3.05) is 13.7 Å². The fraction of sp³-hybridized carbons (Fsp3) is 0.125. The SMILES string of the molecule is COc1cc(/C=N\NC(=O)CNC(=O)c2ccc(Cl)c(Cl)c2)ccc1OCc1ccc(Cl)cc1. The van der Waals surface area contributed by atoms with Crippen molar-refractivity contribution in [3.05, 3.63) is 92.4 Å². The van der Waals surface area contributed by atoms with E-state index in [4.69, 9.17) is 44.3 Å². The van der Waals surface area contributed by atoms with E-state index < -0.39 is 11.8 Å². The molecule has 0 aliphatic carbocycles. The molecule has 0 bridgehead atoms. The summed E-state index contributed by atoms with van der Waals surface area (Å²) in [4.78, 5) is 24.1. The molecule has 0 atom stereocenters. The Hall–Kier alpha value is -3.26. The molecule has 3 aromatic carbocycles. The number of carbonyl (C=O) groups is 2. The van der Waals surface area contributed by atoms with Crippen LogP contribution in [-0.4, -0.2) is 31.7 Å². The summed E-state index contributed by atoms with van der Waals surface area (Å²) in [5.41, 5.74) is 4.28. The van der Waals surface area contributed by atoms with Crippen molar-refractivity contribution in [2.45, 2.75) is 6.61 Å². The molecule has 0 fully saturated rings. The van der Waals surface area contributed by atoms with E-state index in [1.807, 2.05) is 12.1 Å². The highest BCUT2D eigenvalue weighted by Gasteiger charge is 2.10. The Balaban J connectivity index is 1.50. The van der Waals surface area contributed by atoms with Gasteiger partial charge in [-0.05, 0) is 59.7 Å². The summed E-state index contributed by atoms with van der Waals surface area (Å²) < 4.78 is 11.2. The minimum Gasteiger partial charge on any atom is -0.493 e. The van der Waals surface area contributed by atoms with Gasteiger partial charge in [-0.25, -0.2) is 5.43 Å². The maximum absolute atomic E-state index is 12.1. The first-order chi connectivity index (χ1) is 16.4. The first-order valence-corrected chi connectivity index (χ1v) is 11.1. The quantitative estimate of drug-likeness (QED) is 0.303. The molecule has 7 nitrogen and oxygen atoms in total.